The summed E-state index contributed by atoms with van der Waals surface area (Å²) in [6.07, 6.45) is 5.54. The molecule has 5 heteroatoms. The minimum Gasteiger partial charge on any atom is -0.464 e. The molecule has 0 radical (unpaired) electrons. The van der Waals surface area contributed by atoms with Crippen molar-refractivity contribution in [2.24, 2.45) is 0 Å². The van der Waals surface area contributed by atoms with Gasteiger partial charge in [0.25, 0.3) is 0 Å². The van der Waals surface area contributed by atoms with Gasteiger partial charge in [0.05, 0.1) is 6.54 Å². The smallest absolute Gasteiger partial charge is 0.243 e. The fourth-order valence-corrected chi connectivity index (χ4v) is 3.31. The average molecular weight is 290 g/mol. The van der Waals surface area contributed by atoms with Crippen molar-refractivity contribution in [1.29, 1.82) is 0 Å². The number of rotatable bonds is 4. The maximum atomic E-state index is 12.4. The van der Waals surface area contributed by atoms with E-state index in [4.69, 9.17) is 4.42 Å². The quantitative estimate of drug-likeness (QED) is 0.924. The van der Waals surface area contributed by atoms with Crippen LogP contribution in [0, 0.1) is 6.92 Å². The lowest BCUT2D eigenvalue weighted by Gasteiger charge is -2.24. The summed E-state index contributed by atoms with van der Waals surface area (Å²) in [5, 5.41) is 3.10. The number of furan rings is 1. The van der Waals surface area contributed by atoms with Gasteiger partial charge in [0, 0.05) is 12.5 Å². The first kappa shape index (κ1) is 14.2. The molecule has 3 rings (SSSR count). The number of hydrogen-bond donors (Lipinski definition) is 1. The van der Waals surface area contributed by atoms with Crippen LogP contribution in [-0.4, -0.2) is 28.8 Å². The summed E-state index contributed by atoms with van der Waals surface area (Å²) in [5.74, 6) is 1.59. The van der Waals surface area contributed by atoms with Gasteiger partial charge >= 0.3 is 0 Å². The average Bonchev–Trinajstić information content (AvgIpc) is 3.15. The topological polar surface area (TPSA) is 62.6 Å². The third-order valence-corrected chi connectivity index (χ3v) is 4.45. The van der Waals surface area contributed by atoms with Gasteiger partial charge in [-0.25, -0.2) is 0 Å². The first-order valence-corrected chi connectivity index (χ1v) is 7.78. The first-order valence-electron chi connectivity index (χ1n) is 7.78. The molecule has 5 nitrogen and oxygen atoms in total. The lowest BCUT2D eigenvalue weighted by atomic mass is 10.1. The highest BCUT2D eigenvalue weighted by Gasteiger charge is 2.37. The first-order chi connectivity index (χ1) is 10.1. The molecule has 2 heterocycles. The Hall–Kier alpha value is -1.78. The van der Waals surface area contributed by atoms with E-state index in [1.54, 1.807) is 4.90 Å². The number of carbonyl (C=O) groups excluding carboxylic acids is 2. The van der Waals surface area contributed by atoms with E-state index in [9.17, 15) is 9.59 Å². The number of likely N-dealkylation sites (tertiary alicyclic amines) is 1. The van der Waals surface area contributed by atoms with Gasteiger partial charge in [-0.3, -0.25) is 9.59 Å². The molecular formula is C16H22N2O3. The van der Waals surface area contributed by atoms with Crippen molar-refractivity contribution in [1.82, 2.24) is 10.2 Å². The summed E-state index contributed by atoms with van der Waals surface area (Å²) < 4.78 is 5.53. The standard InChI is InChI=1S/C16H22N2O3/c1-11-6-7-13(21-11)10-18-14(8-9-15(18)19)16(20)17-12-4-2-3-5-12/h6-7,12,14H,2-5,8-10H2,1H3,(H,17,20). The Morgan fingerprint density at radius 1 is 1.33 bits per heavy atom. The zero-order chi connectivity index (χ0) is 14.8. The Kier molecular flexibility index (Phi) is 3.99. The van der Waals surface area contributed by atoms with Crippen LogP contribution in [0.3, 0.4) is 0 Å². The maximum Gasteiger partial charge on any atom is 0.243 e. The largest absolute Gasteiger partial charge is 0.464 e. The molecule has 1 aliphatic carbocycles. The zero-order valence-corrected chi connectivity index (χ0v) is 12.4. The molecule has 0 spiro atoms. The van der Waals surface area contributed by atoms with Gasteiger partial charge in [-0.1, -0.05) is 12.8 Å². The Balaban J connectivity index is 1.65. The highest BCUT2D eigenvalue weighted by Crippen LogP contribution is 2.24. The summed E-state index contributed by atoms with van der Waals surface area (Å²) in [6.45, 7) is 2.26. The van der Waals surface area contributed by atoms with Crippen molar-refractivity contribution in [3.8, 4) is 0 Å². The highest BCUT2D eigenvalue weighted by molar-refractivity contribution is 5.91. The molecule has 2 aliphatic rings. The molecule has 2 fully saturated rings. The van der Waals surface area contributed by atoms with Crippen molar-refractivity contribution in [2.45, 2.75) is 64.1 Å². The van der Waals surface area contributed by atoms with Crippen LogP contribution in [0.1, 0.15) is 50.0 Å². The fourth-order valence-electron chi connectivity index (χ4n) is 3.31. The van der Waals surface area contributed by atoms with Crippen LogP contribution >= 0.6 is 0 Å². The number of nitrogens with one attached hydrogen (secondary N) is 1. The second-order valence-electron chi connectivity index (χ2n) is 6.08. The van der Waals surface area contributed by atoms with Crippen LogP contribution in [0.2, 0.25) is 0 Å². The van der Waals surface area contributed by atoms with Gasteiger partial charge in [-0.15, -0.1) is 0 Å². The number of hydrogen-bond acceptors (Lipinski definition) is 3. The molecule has 2 amide bonds. The SMILES string of the molecule is Cc1ccc(CN2C(=O)CCC2C(=O)NC2CCCC2)o1. The third kappa shape index (κ3) is 3.12. The van der Waals surface area contributed by atoms with E-state index < -0.39 is 0 Å². The van der Waals surface area contributed by atoms with Gasteiger partial charge in [-0.2, -0.15) is 0 Å². The summed E-state index contributed by atoms with van der Waals surface area (Å²) in [5.41, 5.74) is 0. The fraction of sp³-hybridized carbons (Fsp3) is 0.625. The van der Waals surface area contributed by atoms with E-state index in [-0.39, 0.29) is 17.9 Å². The van der Waals surface area contributed by atoms with Crippen molar-refractivity contribution < 1.29 is 14.0 Å². The van der Waals surface area contributed by atoms with Crippen molar-refractivity contribution >= 4 is 11.8 Å². The normalized spacial score (nSPS) is 23.0. The van der Waals surface area contributed by atoms with Crippen molar-refractivity contribution in [2.75, 3.05) is 0 Å². The van der Waals surface area contributed by atoms with Crippen LogP contribution in [0.5, 0.6) is 0 Å². The molecule has 0 bridgehead atoms. The Labute approximate surface area is 124 Å². The monoisotopic (exact) mass is 290 g/mol. The molecule has 1 unspecified atom stereocenters. The van der Waals surface area contributed by atoms with Crippen LogP contribution in [-0.2, 0) is 16.1 Å². The van der Waals surface area contributed by atoms with Crippen molar-refractivity contribution in [3.63, 3.8) is 0 Å². The predicted octanol–water partition coefficient (Wildman–Crippen LogP) is 2.14. The number of amides is 2. The van der Waals surface area contributed by atoms with Gasteiger partial charge in [-0.05, 0) is 38.3 Å². The summed E-state index contributed by atoms with van der Waals surface area (Å²) in [7, 11) is 0. The molecule has 1 aromatic heterocycles. The van der Waals surface area contributed by atoms with E-state index >= 15 is 0 Å². The minimum atomic E-state index is -0.344. The lowest BCUT2D eigenvalue weighted by Crippen LogP contribution is -2.47. The Bertz CT molecular complexity index is 531. The van der Waals surface area contributed by atoms with E-state index in [0.29, 0.717) is 25.4 Å². The molecule has 1 atom stereocenters. The number of carbonyl (C=O) groups is 2. The molecule has 1 aliphatic heterocycles. The number of aryl methyl sites for hydroxylation is 1. The summed E-state index contributed by atoms with van der Waals surface area (Å²) >= 11 is 0. The van der Waals surface area contributed by atoms with Crippen LogP contribution < -0.4 is 5.32 Å². The maximum absolute atomic E-state index is 12.4. The number of nitrogens with zero attached hydrogens (tertiary/aromatic N) is 1. The summed E-state index contributed by atoms with van der Waals surface area (Å²) in [6, 6.07) is 3.69. The Morgan fingerprint density at radius 2 is 2.10 bits per heavy atom. The van der Waals surface area contributed by atoms with Gasteiger partial charge in [0.1, 0.15) is 17.6 Å². The summed E-state index contributed by atoms with van der Waals surface area (Å²) in [4.78, 5) is 26.1. The third-order valence-electron chi connectivity index (χ3n) is 4.45. The van der Waals surface area contributed by atoms with E-state index in [1.807, 2.05) is 19.1 Å². The zero-order valence-electron chi connectivity index (χ0n) is 12.4. The molecular weight excluding hydrogens is 268 g/mol. The second kappa shape index (κ2) is 5.92. The van der Waals surface area contributed by atoms with Crippen LogP contribution in [0.25, 0.3) is 0 Å². The van der Waals surface area contributed by atoms with Crippen molar-refractivity contribution in [3.05, 3.63) is 23.7 Å². The molecule has 0 aromatic carbocycles. The second-order valence-corrected chi connectivity index (χ2v) is 6.08. The van der Waals surface area contributed by atoms with E-state index in [1.165, 1.54) is 12.8 Å². The molecule has 21 heavy (non-hydrogen) atoms. The molecule has 1 saturated heterocycles. The molecule has 1 saturated carbocycles. The van der Waals surface area contributed by atoms with Gasteiger partial charge < -0.3 is 14.6 Å². The Morgan fingerprint density at radius 3 is 2.76 bits per heavy atom. The van der Waals surface area contributed by atoms with Crippen LogP contribution in [0.15, 0.2) is 16.5 Å². The lowest BCUT2D eigenvalue weighted by molar-refractivity contribution is -0.136. The van der Waals surface area contributed by atoms with Gasteiger partial charge in [0.15, 0.2) is 0 Å². The minimum absolute atomic E-state index is 0.00368. The predicted molar refractivity (Wildman–Crippen MR) is 77.4 cm³/mol. The van der Waals surface area contributed by atoms with E-state index in [0.717, 1.165) is 24.4 Å². The molecule has 1 N–H and O–H groups in total. The van der Waals surface area contributed by atoms with Gasteiger partial charge in [0.2, 0.25) is 11.8 Å². The molecule has 114 valence electrons. The van der Waals surface area contributed by atoms with E-state index in [2.05, 4.69) is 5.32 Å². The molecule has 1 aromatic rings. The highest BCUT2D eigenvalue weighted by atomic mass is 16.3. The van der Waals surface area contributed by atoms with Crippen LogP contribution in [0.4, 0.5) is 0 Å².